The molecule has 5 rings (SSSR count). The molecule has 8 nitrogen and oxygen atoms in total. The number of para-hydroxylation sites is 1. The first kappa shape index (κ1) is 26.2. The summed E-state index contributed by atoms with van der Waals surface area (Å²) in [4.78, 5) is 20.7. The molecule has 9 heteroatoms. The van der Waals surface area contributed by atoms with Crippen LogP contribution >= 0.6 is 11.3 Å². The van der Waals surface area contributed by atoms with E-state index in [0.717, 1.165) is 60.4 Å². The summed E-state index contributed by atoms with van der Waals surface area (Å²) in [6.45, 7) is 8.19. The number of carboxylic acids is 1. The largest absolute Gasteiger partial charge is 0.487 e. The molecule has 1 N–H and O–H groups in total. The molecule has 2 aromatic carbocycles. The maximum absolute atomic E-state index is 11.3. The summed E-state index contributed by atoms with van der Waals surface area (Å²) in [6, 6.07) is 14.3. The lowest BCUT2D eigenvalue weighted by atomic mass is 9.97. The van der Waals surface area contributed by atoms with Crippen LogP contribution in [-0.4, -0.2) is 60.4 Å². The number of thiazole rings is 1. The second kappa shape index (κ2) is 11.9. The van der Waals surface area contributed by atoms with Gasteiger partial charge in [-0.05, 0) is 48.6 Å². The minimum atomic E-state index is -0.721. The Hall–Kier alpha value is -3.45. The number of aromatic nitrogens is 1. The molecule has 0 amide bonds. The van der Waals surface area contributed by atoms with Crippen molar-refractivity contribution in [3.8, 4) is 23.1 Å². The van der Waals surface area contributed by atoms with Crippen LogP contribution < -0.4 is 9.64 Å². The first-order chi connectivity index (χ1) is 18.5. The van der Waals surface area contributed by atoms with Gasteiger partial charge in [-0.3, -0.25) is 9.69 Å². The number of nitrogens with zero attached hydrogens (tertiary/aromatic N) is 4. The van der Waals surface area contributed by atoms with Crippen LogP contribution in [0.25, 0.3) is 11.3 Å². The second-order valence-electron chi connectivity index (χ2n) is 9.85. The zero-order valence-corrected chi connectivity index (χ0v) is 22.4. The molecule has 0 aliphatic carbocycles. The molecule has 1 aromatic heterocycles. The Bertz CT molecular complexity index is 1320. The third-order valence-corrected chi connectivity index (χ3v) is 8.21. The molecule has 2 fully saturated rings. The molecule has 38 heavy (non-hydrogen) atoms. The summed E-state index contributed by atoms with van der Waals surface area (Å²) in [5, 5.41) is 21.9. The number of hydrogen-bond acceptors (Lipinski definition) is 8. The Labute approximate surface area is 227 Å². The lowest BCUT2D eigenvalue weighted by Gasteiger charge is -2.29. The Morgan fingerprint density at radius 3 is 2.71 bits per heavy atom. The maximum Gasteiger partial charge on any atom is 0.306 e. The standard InChI is InChI=1S/C29H32N4O4S/c1-20-15-21(17-32-11-13-36-14-12-32)5-6-24(20)18-37-27-23(16-30)3-2-4-25(27)26-19-38-29(31-26)33-9-7-22(8-10-33)28(34)35/h2-6,15,19,22H,7-14,17-18H2,1H3,(H,34,35). The number of benzene rings is 2. The molecule has 0 radical (unpaired) electrons. The van der Waals surface area contributed by atoms with Crippen molar-refractivity contribution in [3.63, 3.8) is 0 Å². The van der Waals surface area contributed by atoms with Gasteiger partial charge in [-0.15, -0.1) is 11.3 Å². The fraction of sp³-hybridized carbons (Fsp3) is 0.414. The Kier molecular flexibility index (Phi) is 8.23. The molecule has 198 valence electrons. The highest BCUT2D eigenvalue weighted by atomic mass is 32.1. The number of hydrogen-bond donors (Lipinski definition) is 1. The molecule has 0 saturated carbocycles. The minimum Gasteiger partial charge on any atom is -0.487 e. The van der Waals surface area contributed by atoms with Gasteiger partial charge in [0.2, 0.25) is 0 Å². The highest BCUT2D eigenvalue weighted by Crippen LogP contribution is 2.37. The van der Waals surface area contributed by atoms with Gasteiger partial charge in [-0.25, -0.2) is 4.98 Å². The highest BCUT2D eigenvalue weighted by molar-refractivity contribution is 7.14. The molecule has 2 aliphatic rings. The minimum absolute atomic E-state index is 0.283. The summed E-state index contributed by atoms with van der Waals surface area (Å²) in [5.74, 6) is -0.468. The predicted molar refractivity (Wildman–Crippen MR) is 146 cm³/mol. The van der Waals surface area contributed by atoms with Crippen LogP contribution in [0.1, 0.15) is 35.1 Å². The van der Waals surface area contributed by atoms with Crippen LogP contribution in [0.5, 0.6) is 5.75 Å². The van der Waals surface area contributed by atoms with Crippen molar-refractivity contribution in [2.75, 3.05) is 44.3 Å². The number of aliphatic carboxylic acids is 1. The summed E-state index contributed by atoms with van der Waals surface area (Å²) in [7, 11) is 0. The second-order valence-corrected chi connectivity index (χ2v) is 10.7. The number of piperidine rings is 1. The van der Waals surface area contributed by atoms with Gasteiger partial charge in [0, 0.05) is 43.7 Å². The van der Waals surface area contributed by atoms with Gasteiger partial charge < -0.3 is 19.5 Å². The third-order valence-electron chi connectivity index (χ3n) is 7.31. The molecule has 0 spiro atoms. The lowest BCUT2D eigenvalue weighted by Crippen LogP contribution is -2.36. The number of rotatable bonds is 8. The van der Waals surface area contributed by atoms with E-state index in [2.05, 4.69) is 41.0 Å². The van der Waals surface area contributed by atoms with Gasteiger partial charge in [-0.1, -0.05) is 24.3 Å². The average Bonchev–Trinajstić information content (AvgIpc) is 3.43. The van der Waals surface area contributed by atoms with E-state index in [1.165, 1.54) is 16.9 Å². The summed E-state index contributed by atoms with van der Waals surface area (Å²) < 4.78 is 11.8. The van der Waals surface area contributed by atoms with Crippen molar-refractivity contribution in [1.29, 1.82) is 5.26 Å². The maximum atomic E-state index is 11.3. The first-order valence-corrected chi connectivity index (χ1v) is 13.9. The average molecular weight is 533 g/mol. The van der Waals surface area contributed by atoms with E-state index in [0.29, 0.717) is 43.9 Å². The van der Waals surface area contributed by atoms with E-state index >= 15 is 0 Å². The van der Waals surface area contributed by atoms with Crippen LogP contribution in [0.3, 0.4) is 0 Å². The van der Waals surface area contributed by atoms with Gasteiger partial charge in [0.15, 0.2) is 5.13 Å². The van der Waals surface area contributed by atoms with Crippen molar-refractivity contribution in [3.05, 3.63) is 64.0 Å². The van der Waals surface area contributed by atoms with Crippen LogP contribution in [0.2, 0.25) is 0 Å². The van der Waals surface area contributed by atoms with Gasteiger partial charge in [-0.2, -0.15) is 5.26 Å². The molecular weight excluding hydrogens is 500 g/mol. The Morgan fingerprint density at radius 2 is 2.00 bits per heavy atom. The third kappa shape index (κ3) is 5.99. The van der Waals surface area contributed by atoms with Crippen molar-refractivity contribution < 1.29 is 19.4 Å². The number of ether oxygens (including phenoxy) is 2. The van der Waals surface area contributed by atoms with E-state index in [9.17, 15) is 15.2 Å². The monoisotopic (exact) mass is 532 g/mol. The SMILES string of the molecule is Cc1cc(CN2CCOCC2)ccc1COc1c(C#N)cccc1-c1csc(N2CCC(C(=O)O)CC2)n1. The van der Waals surface area contributed by atoms with Crippen LogP contribution in [0, 0.1) is 24.2 Å². The molecular formula is C29H32N4O4S. The van der Waals surface area contributed by atoms with E-state index in [4.69, 9.17) is 14.5 Å². The quantitative estimate of drug-likeness (QED) is 0.446. The zero-order valence-electron chi connectivity index (χ0n) is 21.6. The highest BCUT2D eigenvalue weighted by Gasteiger charge is 2.26. The Balaban J connectivity index is 1.30. The summed E-state index contributed by atoms with van der Waals surface area (Å²) in [5.41, 5.74) is 5.53. The van der Waals surface area contributed by atoms with Crippen molar-refractivity contribution in [2.24, 2.45) is 5.92 Å². The topological polar surface area (TPSA) is 98.9 Å². The molecule has 3 heterocycles. The van der Waals surface area contributed by atoms with E-state index in [-0.39, 0.29) is 5.92 Å². The first-order valence-electron chi connectivity index (χ1n) is 13.0. The molecule has 2 aliphatic heterocycles. The van der Waals surface area contributed by atoms with Crippen molar-refractivity contribution in [1.82, 2.24) is 9.88 Å². The molecule has 3 aromatic rings. The fourth-order valence-corrected chi connectivity index (χ4v) is 5.90. The molecule has 0 unspecified atom stereocenters. The van der Waals surface area contributed by atoms with Crippen LogP contribution in [0.4, 0.5) is 5.13 Å². The molecule has 0 bridgehead atoms. The van der Waals surface area contributed by atoms with Gasteiger partial charge >= 0.3 is 5.97 Å². The van der Waals surface area contributed by atoms with Crippen molar-refractivity contribution in [2.45, 2.75) is 32.9 Å². The van der Waals surface area contributed by atoms with Crippen LogP contribution in [0.15, 0.2) is 41.8 Å². The smallest absolute Gasteiger partial charge is 0.306 e. The lowest BCUT2D eigenvalue weighted by molar-refractivity contribution is -0.142. The summed E-state index contributed by atoms with van der Waals surface area (Å²) >= 11 is 1.53. The Morgan fingerprint density at radius 1 is 1.21 bits per heavy atom. The zero-order chi connectivity index (χ0) is 26.5. The van der Waals surface area contributed by atoms with E-state index in [1.807, 2.05) is 17.5 Å². The number of carboxylic acid groups (broad SMARTS) is 1. The van der Waals surface area contributed by atoms with Gasteiger partial charge in [0.05, 0.1) is 30.4 Å². The van der Waals surface area contributed by atoms with E-state index in [1.54, 1.807) is 6.07 Å². The number of aryl methyl sites for hydroxylation is 1. The normalized spacial score (nSPS) is 16.8. The van der Waals surface area contributed by atoms with Crippen LogP contribution in [-0.2, 0) is 22.7 Å². The van der Waals surface area contributed by atoms with Gasteiger partial charge in [0.1, 0.15) is 18.4 Å². The van der Waals surface area contributed by atoms with Gasteiger partial charge in [0.25, 0.3) is 0 Å². The number of morpholine rings is 1. The number of nitriles is 1. The molecule has 2 saturated heterocycles. The number of anilines is 1. The molecule has 0 atom stereocenters. The summed E-state index contributed by atoms with van der Waals surface area (Å²) in [6.07, 6.45) is 1.24. The van der Waals surface area contributed by atoms with Crippen molar-refractivity contribution >= 4 is 22.4 Å². The number of carbonyl (C=O) groups is 1. The van der Waals surface area contributed by atoms with E-state index < -0.39 is 5.97 Å². The fourth-order valence-electron chi connectivity index (χ4n) is 5.02. The predicted octanol–water partition coefficient (Wildman–Crippen LogP) is 4.70.